The Bertz CT molecular complexity index is 1890. The van der Waals surface area contributed by atoms with Crippen LogP contribution in [0.1, 0.15) is 414 Å². The summed E-state index contributed by atoms with van der Waals surface area (Å²) in [6.07, 6.45) is 60.3. The molecule has 0 aromatic carbocycles. The molecule has 5 atom stereocenters. The monoisotopic (exact) mass is 1440 g/mol. The number of hydrogen-bond acceptors (Lipinski definition) is 15. The molecule has 0 amide bonds. The van der Waals surface area contributed by atoms with Crippen molar-refractivity contribution in [2.45, 2.75) is 432 Å². The fourth-order valence-corrected chi connectivity index (χ4v) is 13.8. The van der Waals surface area contributed by atoms with E-state index in [-0.39, 0.29) is 25.7 Å². The van der Waals surface area contributed by atoms with Crippen molar-refractivity contribution >= 4 is 39.5 Å². The minimum absolute atomic E-state index is 0.101. The zero-order valence-corrected chi connectivity index (χ0v) is 65.9. The summed E-state index contributed by atoms with van der Waals surface area (Å²) < 4.78 is 68.5. The van der Waals surface area contributed by atoms with Crippen LogP contribution in [-0.2, 0) is 65.4 Å². The minimum atomic E-state index is -4.96. The average Bonchev–Trinajstić information content (AvgIpc) is 1.09. The Labute approximate surface area is 600 Å². The molecule has 0 saturated heterocycles. The summed E-state index contributed by atoms with van der Waals surface area (Å²) in [5.74, 6) is -0.772. The van der Waals surface area contributed by atoms with Crippen molar-refractivity contribution in [3.05, 3.63) is 0 Å². The highest BCUT2D eigenvalue weighted by atomic mass is 31.2. The van der Waals surface area contributed by atoms with Gasteiger partial charge in [-0.05, 0) is 37.5 Å². The van der Waals surface area contributed by atoms with Gasteiger partial charge in [-0.1, -0.05) is 363 Å². The standard InChI is InChI=1S/C79H154O17P2/c1-7-9-11-13-15-17-19-21-23-25-27-29-31-33-35-37-39-41-49-55-61-76(81)89-67-74(95-78(83)63-57-51-42-40-38-36-34-32-30-28-26-24-22-20-18-16-14-12-10-8-2)69-93-97(85,86)91-65-73(80)66-92-98(87,88)94-70-75(96-79(84)64-58-52-46-44-48-54-60-72(5)6)68-90-77(82)62-56-50-45-43-47-53-59-71(3)4/h71-75,80H,7-70H2,1-6H3,(H,85,86)(H,87,88)/t73-,74-,75-/m1/s1. The number of phosphoric ester groups is 2. The fraction of sp³-hybridized carbons (Fsp3) is 0.949. The number of ether oxygens (including phenoxy) is 4. The molecular formula is C79H154O17P2. The van der Waals surface area contributed by atoms with E-state index in [1.165, 1.54) is 225 Å². The Morgan fingerprint density at radius 3 is 0.694 bits per heavy atom. The Morgan fingerprint density at radius 2 is 0.469 bits per heavy atom. The van der Waals surface area contributed by atoms with Crippen LogP contribution < -0.4 is 0 Å². The van der Waals surface area contributed by atoms with Gasteiger partial charge in [0.2, 0.25) is 0 Å². The second-order valence-corrected chi connectivity index (χ2v) is 32.3. The molecule has 0 aliphatic heterocycles. The number of phosphoric acid groups is 2. The maximum absolute atomic E-state index is 13.1. The van der Waals surface area contributed by atoms with Crippen LogP contribution in [0, 0.1) is 11.8 Å². The van der Waals surface area contributed by atoms with Gasteiger partial charge in [-0.2, -0.15) is 0 Å². The number of aliphatic hydroxyl groups is 1. The van der Waals surface area contributed by atoms with Crippen molar-refractivity contribution in [1.29, 1.82) is 0 Å². The summed E-state index contributed by atoms with van der Waals surface area (Å²) in [4.78, 5) is 72.8. The zero-order chi connectivity index (χ0) is 72.1. The molecule has 0 aliphatic carbocycles. The van der Waals surface area contributed by atoms with Gasteiger partial charge in [0.05, 0.1) is 26.4 Å². The minimum Gasteiger partial charge on any atom is -0.462 e. The number of esters is 4. The van der Waals surface area contributed by atoms with Crippen molar-refractivity contribution in [3.8, 4) is 0 Å². The van der Waals surface area contributed by atoms with Crippen molar-refractivity contribution in [2.24, 2.45) is 11.8 Å². The van der Waals surface area contributed by atoms with Crippen LogP contribution in [-0.4, -0.2) is 96.7 Å². The van der Waals surface area contributed by atoms with Crippen LogP contribution in [0.25, 0.3) is 0 Å². The number of rotatable bonds is 78. The van der Waals surface area contributed by atoms with E-state index in [0.29, 0.717) is 37.5 Å². The summed E-state index contributed by atoms with van der Waals surface area (Å²) in [6, 6.07) is 0. The molecule has 0 aromatic heterocycles. The van der Waals surface area contributed by atoms with Crippen molar-refractivity contribution in [1.82, 2.24) is 0 Å². The van der Waals surface area contributed by atoms with E-state index in [1.54, 1.807) is 0 Å². The van der Waals surface area contributed by atoms with E-state index in [1.807, 2.05) is 0 Å². The average molecular weight is 1440 g/mol. The first-order valence-corrected chi connectivity index (χ1v) is 44.0. The molecule has 0 rings (SSSR count). The highest BCUT2D eigenvalue weighted by molar-refractivity contribution is 7.47. The largest absolute Gasteiger partial charge is 0.472 e. The summed E-state index contributed by atoms with van der Waals surface area (Å²) in [5.41, 5.74) is 0. The molecule has 0 spiro atoms. The van der Waals surface area contributed by atoms with Crippen molar-refractivity contribution in [2.75, 3.05) is 39.6 Å². The van der Waals surface area contributed by atoms with Crippen LogP contribution in [0.3, 0.4) is 0 Å². The van der Waals surface area contributed by atoms with Crippen LogP contribution in [0.5, 0.6) is 0 Å². The molecule has 98 heavy (non-hydrogen) atoms. The van der Waals surface area contributed by atoms with Gasteiger partial charge in [0.25, 0.3) is 0 Å². The summed E-state index contributed by atoms with van der Waals surface area (Å²) in [5, 5.41) is 10.6. The third-order valence-corrected chi connectivity index (χ3v) is 20.4. The number of unbranched alkanes of at least 4 members (excludes halogenated alkanes) is 48. The van der Waals surface area contributed by atoms with Crippen molar-refractivity contribution in [3.63, 3.8) is 0 Å². The van der Waals surface area contributed by atoms with Crippen LogP contribution in [0.15, 0.2) is 0 Å². The maximum atomic E-state index is 13.1. The molecule has 2 unspecified atom stereocenters. The first-order chi connectivity index (χ1) is 47.4. The first kappa shape index (κ1) is 96.1. The van der Waals surface area contributed by atoms with Gasteiger partial charge in [-0.3, -0.25) is 37.3 Å². The highest BCUT2D eigenvalue weighted by Crippen LogP contribution is 2.45. The predicted molar refractivity (Wildman–Crippen MR) is 400 cm³/mol. The molecule has 0 bridgehead atoms. The van der Waals surface area contributed by atoms with E-state index in [2.05, 4.69) is 41.5 Å². The fourth-order valence-electron chi connectivity index (χ4n) is 12.2. The quantitative estimate of drug-likeness (QED) is 0.0222. The van der Waals surface area contributed by atoms with E-state index in [9.17, 15) is 43.2 Å². The van der Waals surface area contributed by atoms with E-state index in [4.69, 9.17) is 37.0 Å². The molecule has 0 radical (unpaired) electrons. The topological polar surface area (TPSA) is 237 Å². The molecule has 17 nitrogen and oxygen atoms in total. The second kappa shape index (κ2) is 70.7. The van der Waals surface area contributed by atoms with Gasteiger partial charge >= 0.3 is 39.5 Å². The SMILES string of the molecule is CCCCCCCCCCCCCCCCCCCCCCC(=O)OC[C@H](COP(=O)(O)OC[C@@H](O)COP(=O)(O)OC[C@@H](COC(=O)CCCCCCCCC(C)C)OC(=O)CCCCCCCCC(C)C)OC(=O)CCCCCCCCCCCCCCCCCCCCCC. The highest BCUT2D eigenvalue weighted by Gasteiger charge is 2.30. The molecule has 0 aliphatic rings. The van der Waals surface area contributed by atoms with Gasteiger partial charge in [0.15, 0.2) is 12.2 Å². The molecule has 0 saturated carbocycles. The van der Waals surface area contributed by atoms with Gasteiger partial charge < -0.3 is 33.8 Å². The molecular weight excluding hydrogens is 1280 g/mol. The van der Waals surface area contributed by atoms with E-state index >= 15 is 0 Å². The maximum Gasteiger partial charge on any atom is 0.472 e. The Morgan fingerprint density at radius 1 is 0.276 bits per heavy atom. The molecule has 0 aromatic rings. The third-order valence-electron chi connectivity index (χ3n) is 18.5. The number of carbonyl (C=O) groups is 4. The normalized spacial score (nSPS) is 13.9. The third kappa shape index (κ3) is 72.4. The zero-order valence-electron chi connectivity index (χ0n) is 64.1. The van der Waals surface area contributed by atoms with E-state index in [0.717, 1.165) is 96.3 Å². The summed E-state index contributed by atoms with van der Waals surface area (Å²) in [7, 11) is -9.91. The first-order valence-electron chi connectivity index (χ1n) is 41.0. The van der Waals surface area contributed by atoms with Crippen LogP contribution >= 0.6 is 15.6 Å². The van der Waals surface area contributed by atoms with Crippen molar-refractivity contribution < 1.29 is 80.2 Å². The van der Waals surface area contributed by atoms with Gasteiger partial charge in [0.1, 0.15) is 19.3 Å². The second-order valence-electron chi connectivity index (χ2n) is 29.4. The Hall–Kier alpha value is -1.94. The molecule has 582 valence electrons. The van der Waals surface area contributed by atoms with Gasteiger partial charge in [-0.25, -0.2) is 9.13 Å². The lowest BCUT2D eigenvalue weighted by molar-refractivity contribution is -0.161. The van der Waals surface area contributed by atoms with Gasteiger partial charge in [0, 0.05) is 25.7 Å². The smallest absolute Gasteiger partial charge is 0.462 e. The molecule has 19 heteroatoms. The van der Waals surface area contributed by atoms with E-state index < -0.39 is 97.5 Å². The summed E-state index contributed by atoms with van der Waals surface area (Å²) >= 11 is 0. The molecule has 3 N–H and O–H groups in total. The number of aliphatic hydroxyl groups excluding tert-OH is 1. The Balaban J connectivity index is 5.16. The lowest BCUT2D eigenvalue weighted by Gasteiger charge is -2.21. The lowest BCUT2D eigenvalue weighted by atomic mass is 10.0. The number of carbonyl (C=O) groups excluding carboxylic acids is 4. The Kier molecular flexibility index (Phi) is 69.3. The van der Waals surface area contributed by atoms with Gasteiger partial charge in [-0.15, -0.1) is 0 Å². The van der Waals surface area contributed by atoms with Crippen LogP contribution in [0.4, 0.5) is 0 Å². The molecule has 0 fully saturated rings. The van der Waals surface area contributed by atoms with Crippen LogP contribution in [0.2, 0.25) is 0 Å². The number of hydrogen-bond donors (Lipinski definition) is 3. The predicted octanol–water partition coefficient (Wildman–Crippen LogP) is 23.5. The lowest BCUT2D eigenvalue weighted by Crippen LogP contribution is -2.30. The molecule has 0 heterocycles. The summed E-state index contributed by atoms with van der Waals surface area (Å²) in [6.45, 7) is 9.43.